The minimum absolute atomic E-state index is 0.0459. The van der Waals surface area contributed by atoms with Gasteiger partial charge in [0.1, 0.15) is 12.2 Å². The van der Waals surface area contributed by atoms with Crippen molar-refractivity contribution >= 4 is 11.9 Å². The summed E-state index contributed by atoms with van der Waals surface area (Å²) in [7, 11) is 0. The van der Waals surface area contributed by atoms with Gasteiger partial charge in [0, 0.05) is 6.42 Å². The highest BCUT2D eigenvalue weighted by molar-refractivity contribution is 5.89. The molecule has 0 radical (unpaired) electrons. The van der Waals surface area contributed by atoms with Gasteiger partial charge in [0.05, 0.1) is 11.5 Å². The molecule has 3 atom stereocenters. The number of hydrogen-bond acceptors (Lipinski definition) is 4. The first kappa shape index (κ1) is 13.6. The molecule has 1 heterocycles. The predicted molar refractivity (Wildman–Crippen MR) is 69.6 cm³/mol. The molecule has 0 bridgehead atoms. The summed E-state index contributed by atoms with van der Waals surface area (Å²) < 4.78 is 10.5. The second-order valence-corrected chi connectivity index (χ2v) is 4.79. The summed E-state index contributed by atoms with van der Waals surface area (Å²) in [6.07, 6.45) is 0.910. The second kappa shape index (κ2) is 5.87. The van der Waals surface area contributed by atoms with Crippen LogP contribution in [0, 0.1) is 5.92 Å². The lowest BCUT2D eigenvalue weighted by molar-refractivity contribution is -0.146. The molecule has 0 N–H and O–H groups in total. The number of rotatable bonds is 4. The van der Waals surface area contributed by atoms with Crippen molar-refractivity contribution in [3.05, 3.63) is 35.9 Å². The summed E-state index contributed by atoms with van der Waals surface area (Å²) >= 11 is 0. The van der Waals surface area contributed by atoms with Gasteiger partial charge in [-0.15, -0.1) is 0 Å². The van der Waals surface area contributed by atoms with Crippen LogP contribution in [0.25, 0.3) is 0 Å². The average molecular weight is 262 g/mol. The highest BCUT2D eigenvalue weighted by atomic mass is 16.6. The zero-order valence-electron chi connectivity index (χ0n) is 11.2. The van der Waals surface area contributed by atoms with Crippen molar-refractivity contribution in [1.29, 1.82) is 0 Å². The monoisotopic (exact) mass is 262 g/mol. The lowest BCUT2D eigenvalue weighted by Crippen LogP contribution is -2.27. The van der Waals surface area contributed by atoms with Crippen LogP contribution >= 0.6 is 0 Å². The summed E-state index contributed by atoms with van der Waals surface area (Å²) in [4.78, 5) is 23.6. The van der Waals surface area contributed by atoms with Crippen molar-refractivity contribution in [1.82, 2.24) is 0 Å². The number of carbonyl (C=O) groups excluding carboxylic acids is 2. The normalized spacial score (nSPS) is 23.8. The van der Waals surface area contributed by atoms with E-state index in [1.54, 1.807) is 31.2 Å². The maximum absolute atomic E-state index is 11.9. The molecule has 4 heteroatoms. The van der Waals surface area contributed by atoms with E-state index in [9.17, 15) is 9.59 Å². The Hall–Kier alpha value is -1.84. The zero-order chi connectivity index (χ0) is 13.8. The Morgan fingerprint density at radius 1 is 1.42 bits per heavy atom. The first-order valence-corrected chi connectivity index (χ1v) is 6.58. The highest BCUT2D eigenvalue weighted by Crippen LogP contribution is 2.27. The molecule has 0 amide bonds. The van der Waals surface area contributed by atoms with Crippen LogP contribution in [0.3, 0.4) is 0 Å². The molecule has 0 aliphatic carbocycles. The second-order valence-electron chi connectivity index (χ2n) is 4.79. The molecular formula is C15H18O4. The first-order valence-electron chi connectivity index (χ1n) is 6.58. The lowest BCUT2D eigenvalue weighted by atomic mass is 9.98. The molecule has 0 aromatic heterocycles. The van der Waals surface area contributed by atoms with E-state index in [4.69, 9.17) is 9.47 Å². The fourth-order valence-electron chi connectivity index (χ4n) is 2.21. The smallest absolute Gasteiger partial charge is 0.338 e. The maximum Gasteiger partial charge on any atom is 0.338 e. The highest BCUT2D eigenvalue weighted by Gasteiger charge is 2.38. The van der Waals surface area contributed by atoms with Gasteiger partial charge in [0.25, 0.3) is 0 Å². The third-order valence-corrected chi connectivity index (χ3v) is 3.43. The van der Waals surface area contributed by atoms with Crippen molar-refractivity contribution in [3.8, 4) is 0 Å². The molecule has 2 unspecified atom stereocenters. The molecule has 102 valence electrons. The van der Waals surface area contributed by atoms with Crippen molar-refractivity contribution in [2.75, 3.05) is 0 Å². The Morgan fingerprint density at radius 2 is 2.11 bits per heavy atom. The van der Waals surface area contributed by atoms with Gasteiger partial charge in [-0.25, -0.2) is 4.79 Å². The van der Waals surface area contributed by atoms with E-state index >= 15 is 0 Å². The van der Waals surface area contributed by atoms with Crippen molar-refractivity contribution in [2.45, 2.75) is 38.9 Å². The number of hydrogen-bond donors (Lipinski definition) is 0. The predicted octanol–water partition coefficient (Wildman–Crippen LogP) is 2.57. The molecule has 0 spiro atoms. The zero-order valence-corrected chi connectivity index (χ0v) is 11.2. The van der Waals surface area contributed by atoms with Crippen LogP contribution in [0.15, 0.2) is 30.3 Å². The minimum Gasteiger partial charge on any atom is -0.462 e. The van der Waals surface area contributed by atoms with Crippen molar-refractivity contribution in [2.24, 2.45) is 5.92 Å². The van der Waals surface area contributed by atoms with E-state index in [1.165, 1.54) is 0 Å². The van der Waals surface area contributed by atoms with E-state index in [0.717, 1.165) is 6.42 Å². The molecule has 1 saturated heterocycles. The maximum atomic E-state index is 11.9. The van der Waals surface area contributed by atoms with Crippen LogP contribution in [-0.4, -0.2) is 24.1 Å². The number of carbonyl (C=O) groups is 2. The molecule has 1 aliphatic heterocycles. The van der Waals surface area contributed by atoms with Gasteiger partial charge < -0.3 is 9.47 Å². The van der Waals surface area contributed by atoms with Crippen LogP contribution in [0.4, 0.5) is 0 Å². The van der Waals surface area contributed by atoms with E-state index in [-0.39, 0.29) is 18.0 Å². The largest absolute Gasteiger partial charge is 0.462 e. The van der Waals surface area contributed by atoms with Gasteiger partial charge in [-0.3, -0.25) is 4.79 Å². The van der Waals surface area contributed by atoms with Crippen LogP contribution in [0.5, 0.6) is 0 Å². The Bertz CT molecular complexity index is 454. The van der Waals surface area contributed by atoms with E-state index in [0.29, 0.717) is 12.0 Å². The molecule has 2 rings (SSSR count). The summed E-state index contributed by atoms with van der Waals surface area (Å²) in [5.41, 5.74) is 0.493. The summed E-state index contributed by atoms with van der Waals surface area (Å²) in [5, 5.41) is 0. The van der Waals surface area contributed by atoms with E-state index in [1.807, 2.05) is 13.0 Å². The minimum atomic E-state index is -0.461. The third kappa shape index (κ3) is 3.13. The summed E-state index contributed by atoms with van der Waals surface area (Å²) in [6, 6.07) is 8.77. The number of esters is 2. The van der Waals surface area contributed by atoms with Gasteiger partial charge in [-0.05, 0) is 25.5 Å². The Balaban J connectivity index is 1.96. The standard InChI is InChI=1S/C15H18O4/c1-3-12-9-13(15(17)19-12)10(2)18-14(16)11-7-5-4-6-8-11/h4-8,10,12-13H,3,9H2,1-2H3/t10?,12-,13?/m1/s1. The molecule has 1 aromatic rings. The van der Waals surface area contributed by atoms with Crippen LogP contribution in [0.2, 0.25) is 0 Å². The molecule has 1 fully saturated rings. The van der Waals surface area contributed by atoms with Gasteiger partial charge in [-0.2, -0.15) is 0 Å². The molecule has 4 nitrogen and oxygen atoms in total. The van der Waals surface area contributed by atoms with Crippen LogP contribution in [-0.2, 0) is 14.3 Å². The van der Waals surface area contributed by atoms with Gasteiger partial charge in [-0.1, -0.05) is 25.1 Å². The number of cyclic esters (lactones) is 1. The number of benzene rings is 1. The Morgan fingerprint density at radius 3 is 2.68 bits per heavy atom. The van der Waals surface area contributed by atoms with Crippen molar-refractivity contribution in [3.63, 3.8) is 0 Å². The Labute approximate surface area is 112 Å². The fourth-order valence-corrected chi connectivity index (χ4v) is 2.21. The lowest BCUT2D eigenvalue weighted by Gasteiger charge is -2.16. The molecule has 1 aliphatic rings. The van der Waals surface area contributed by atoms with Gasteiger partial charge in [0.15, 0.2) is 0 Å². The van der Waals surface area contributed by atoms with Crippen molar-refractivity contribution < 1.29 is 19.1 Å². The number of ether oxygens (including phenoxy) is 2. The van der Waals surface area contributed by atoms with Crippen LogP contribution in [0.1, 0.15) is 37.0 Å². The van der Waals surface area contributed by atoms with Gasteiger partial charge in [0.2, 0.25) is 0 Å². The van der Waals surface area contributed by atoms with Crippen LogP contribution < -0.4 is 0 Å². The van der Waals surface area contributed by atoms with E-state index < -0.39 is 12.1 Å². The molecule has 0 saturated carbocycles. The third-order valence-electron chi connectivity index (χ3n) is 3.43. The summed E-state index contributed by atoms with van der Waals surface area (Å²) in [6.45, 7) is 3.71. The average Bonchev–Trinajstić information content (AvgIpc) is 2.81. The molecule has 1 aromatic carbocycles. The fraction of sp³-hybridized carbons (Fsp3) is 0.467. The van der Waals surface area contributed by atoms with Gasteiger partial charge >= 0.3 is 11.9 Å². The Kier molecular flexibility index (Phi) is 4.20. The molecule has 19 heavy (non-hydrogen) atoms. The first-order chi connectivity index (χ1) is 9.11. The topological polar surface area (TPSA) is 52.6 Å². The SMILES string of the molecule is CC[C@@H]1CC(C(C)OC(=O)c2ccccc2)C(=O)O1. The van der Waals surface area contributed by atoms with E-state index in [2.05, 4.69) is 0 Å². The summed E-state index contributed by atoms with van der Waals surface area (Å²) in [5.74, 6) is -1.02. The quantitative estimate of drug-likeness (QED) is 0.782. The molecular weight excluding hydrogens is 244 g/mol.